The average Bonchev–Trinajstić information content (AvgIpc) is 2.29. The maximum Gasteiger partial charge on any atom is 0.316 e. The Morgan fingerprint density at radius 1 is 1.47 bits per heavy atom. The monoisotopic (exact) mass is 231 g/mol. The molecule has 1 unspecified atom stereocenters. The highest BCUT2D eigenvalue weighted by Gasteiger charge is 2.04. The van der Waals surface area contributed by atoms with Crippen LogP contribution in [0.4, 0.5) is 10.5 Å². The van der Waals surface area contributed by atoms with Gasteiger partial charge in [-0.15, -0.1) is 12.3 Å². The van der Waals surface area contributed by atoms with E-state index in [1.807, 2.05) is 24.3 Å². The van der Waals surface area contributed by atoms with E-state index in [9.17, 15) is 4.79 Å². The van der Waals surface area contributed by atoms with Crippen LogP contribution in [-0.2, 0) is 0 Å². The van der Waals surface area contributed by atoms with Crippen LogP contribution in [0.2, 0.25) is 0 Å². The Morgan fingerprint density at radius 2 is 2.12 bits per heavy atom. The topological polar surface area (TPSA) is 67.2 Å². The zero-order chi connectivity index (χ0) is 12.7. The number of anilines is 1. The number of carbonyl (C=O) groups excluding carboxylic acids is 1. The third kappa shape index (κ3) is 4.58. The van der Waals surface area contributed by atoms with E-state index in [0.717, 1.165) is 12.1 Å². The summed E-state index contributed by atoms with van der Waals surface area (Å²) < 4.78 is 0. The Labute approximate surface area is 102 Å². The lowest BCUT2D eigenvalue weighted by Crippen LogP contribution is -2.20. The van der Waals surface area contributed by atoms with Crippen LogP contribution in [0.5, 0.6) is 0 Å². The maximum absolute atomic E-state index is 10.6. The number of hydrogen-bond donors (Lipinski definition) is 3. The zero-order valence-corrected chi connectivity index (χ0v) is 9.86. The predicted molar refractivity (Wildman–Crippen MR) is 69.5 cm³/mol. The van der Waals surface area contributed by atoms with Gasteiger partial charge in [0.05, 0.1) is 0 Å². The first kappa shape index (κ1) is 13.1. The van der Waals surface area contributed by atoms with Gasteiger partial charge < -0.3 is 16.4 Å². The summed E-state index contributed by atoms with van der Waals surface area (Å²) in [6, 6.07) is 7.19. The highest BCUT2D eigenvalue weighted by molar-refractivity contribution is 5.87. The van der Waals surface area contributed by atoms with Crippen molar-refractivity contribution in [1.29, 1.82) is 0 Å². The molecule has 0 aromatic heterocycles. The Hall–Kier alpha value is -1.99. The van der Waals surface area contributed by atoms with Gasteiger partial charge in [-0.3, -0.25) is 0 Å². The fourth-order valence-electron chi connectivity index (χ4n) is 1.48. The largest absolute Gasteiger partial charge is 0.351 e. The fourth-order valence-corrected chi connectivity index (χ4v) is 1.48. The fraction of sp³-hybridized carbons (Fsp3) is 0.308. The molecule has 0 heterocycles. The second kappa shape index (κ2) is 6.56. The molecule has 0 saturated heterocycles. The number of primary amides is 1. The number of rotatable bonds is 5. The van der Waals surface area contributed by atoms with E-state index < -0.39 is 6.03 Å². The van der Waals surface area contributed by atoms with Crippen LogP contribution < -0.4 is 16.4 Å². The van der Waals surface area contributed by atoms with Crippen LogP contribution in [0.3, 0.4) is 0 Å². The summed E-state index contributed by atoms with van der Waals surface area (Å²) in [5, 5.41) is 5.82. The Bertz CT molecular complexity index is 406. The van der Waals surface area contributed by atoms with Gasteiger partial charge in [0.15, 0.2) is 0 Å². The van der Waals surface area contributed by atoms with E-state index in [1.54, 1.807) is 0 Å². The summed E-state index contributed by atoms with van der Waals surface area (Å²) in [4.78, 5) is 10.6. The van der Waals surface area contributed by atoms with Gasteiger partial charge in [0, 0.05) is 24.7 Å². The predicted octanol–water partition coefficient (Wildman–Crippen LogP) is 1.85. The second-order valence-corrected chi connectivity index (χ2v) is 3.74. The lowest BCUT2D eigenvalue weighted by Gasteiger charge is -2.13. The molecule has 1 rings (SSSR count). The van der Waals surface area contributed by atoms with E-state index in [0.29, 0.717) is 12.1 Å². The molecule has 0 saturated carbocycles. The number of amides is 2. The lowest BCUT2D eigenvalue weighted by atomic mass is 10.1. The summed E-state index contributed by atoms with van der Waals surface area (Å²) in [5.74, 6) is 2.58. The van der Waals surface area contributed by atoms with Crippen molar-refractivity contribution >= 4 is 11.7 Å². The van der Waals surface area contributed by atoms with Gasteiger partial charge in [0.25, 0.3) is 0 Å². The van der Waals surface area contributed by atoms with Gasteiger partial charge in [-0.25, -0.2) is 4.79 Å². The van der Waals surface area contributed by atoms with Gasteiger partial charge in [0.1, 0.15) is 0 Å². The minimum Gasteiger partial charge on any atom is -0.351 e. The number of hydrogen-bond acceptors (Lipinski definition) is 2. The normalized spacial score (nSPS) is 11.5. The van der Waals surface area contributed by atoms with E-state index in [-0.39, 0.29) is 6.04 Å². The standard InChI is InChI=1S/C13H17N3O/c1-3-4-9-15-10(2)11-5-7-12(8-6-11)16-13(14)17/h1,5-8,10,15H,4,9H2,2H3,(H3,14,16,17). The molecule has 1 atom stereocenters. The first-order valence-electron chi connectivity index (χ1n) is 5.46. The molecular weight excluding hydrogens is 214 g/mol. The van der Waals surface area contributed by atoms with Crippen molar-refractivity contribution in [2.75, 3.05) is 11.9 Å². The molecule has 17 heavy (non-hydrogen) atoms. The summed E-state index contributed by atoms with van der Waals surface area (Å²) in [5.41, 5.74) is 6.85. The highest BCUT2D eigenvalue weighted by Crippen LogP contribution is 2.15. The number of urea groups is 1. The summed E-state index contributed by atoms with van der Waals surface area (Å²) in [6.45, 7) is 2.85. The molecule has 0 aliphatic heterocycles. The number of carbonyl (C=O) groups is 1. The van der Waals surface area contributed by atoms with Gasteiger partial charge in [-0.05, 0) is 24.6 Å². The Kier molecular flexibility index (Phi) is 5.05. The van der Waals surface area contributed by atoms with Crippen LogP contribution in [-0.4, -0.2) is 12.6 Å². The third-order valence-corrected chi connectivity index (χ3v) is 2.40. The van der Waals surface area contributed by atoms with Crippen LogP contribution >= 0.6 is 0 Å². The molecule has 0 aliphatic carbocycles. The molecule has 90 valence electrons. The third-order valence-electron chi connectivity index (χ3n) is 2.40. The van der Waals surface area contributed by atoms with Crippen molar-refractivity contribution in [3.63, 3.8) is 0 Å². The van der Waals surface area contributed by atoms with E-state index in [1.165, 1.54) is 0 Å². The van der Waals surface area contributed by atoms with E-state index >= 15 is 0 Å². The zero-order valence-electron chi connectivity index (χ0n) is 9.86. The van der Waals surface area contributed by atoms with E-state index in [4.69, 9.17) is 12.2 Å². The van der Waals surface area contributed by atoms with Gasteiger partial charge in [-0.1, -0.05) is 12.1 Å². The molecule has 1 aromatic rings. The maximum atomic E-state index is 10.6. The molecule has 1 aromatic carbocycles. The summed E-state index contributed by atoms with van der Waals surface area (Å²) in [6.07, 6.45) is 5.89. The molecule has 0 radical (unpaired) electrons. The number of nitrogens with one attached hydrogen (secondary N) is 2. The molecule has 4 N–H and O–H groups in total. The van der Waals surface area contributed by atoms with Gasteiger partial charge in [-0.2, -0.15) is 0 Å². The van der Waals surface area contributed by atoms with Gasteiger partial charge in [0.2, 0.25) is 0 Å². The van der Waals surface area contributed by atoms with Crippen LogP contribution in [0.15, 0.2) is 24.3 Å². The van der Waals surface area contributed by atoms with Crippen LogP contribution in [0.25, 0.3) is 0 Å². The number of nitrogens with two attached hydrogens (primary N) is 1. The number of terminal acetylenes is 1. The Balaban J connectivity index is 2.55. The molecule has 0 aliphatic rings. The molecule has 4 heteroatoms. The van der Waals surface area contributed by atoms with E-state index in [2.05, 4.69) is 23.5 Å². The SMILES string of the molecule is C#CCCNC(C)c1ccc(NC(N)=O)cc1. The minimum absolute atomic E-state index is 0.228. The molecule has 0 bridgehead atoms. The smallest absolute Gasteiger partial charge is 0.316 e. The molecule has 0 fully saturated rings. The molecule has 2 amide bonds. The highest BCUT2D eigenvalue weighted by atomic mass is 16.2. The van der Waals surface area contributed by atoms with Crippen molar-refractivity contribution in [2.45, 2.75) is 19.4 Å². The Morgan fingerprint density at radius 3 is 2.65 bits per heavy atom. The quantitative estimate of drug-likeness (QED) is 0.535. The van der Waals surface area contributed by atoms with Gasteiger partial charge >= 0.3 is 6.03 Å². The minimum atomic E-state index is -0.557. The number of benzene rings is 1. The van der Waals surface area contributed by atoms with Crippen molar-refractivity contribution in [3.05, 3.63) is 29.8 Å². The van der Waals surface area contributed by atoms with Crippen molar-refractivity contribution in [3.8, 4) is 12.3 Å². The van der Waals surface area contributed by atoms with Crippen molar-refractivity contribution < 1.29 is 4.79 Å². The first-order valence-corrected chi connectivity index (χ1v) is 5.46. The lowest BCUT2D eigenvalue weighted by molar-refractivity contribution is 0.259. The molecule has 0 spiro atoms. The summed E-state index contributed by atoms with van der Waals surface area (Å²) in [7, 11) is 0. The molecule has 4 nitrogen and oxygen atoms in total. The van der Waals surface area contributed by atoms with Crippen molar-refractivity contribution in [2.24, 2.45) is 5.73 Å². The van der Waals surface area contributed by atoms with Crippen LogP contribution in [0.1, 0.15) is 24.9 Å². The van der Waals surface area contributed by atoms with Crippen LogP contribution in [0, 0.1) is 12.3 Å². The van der Waals surface area contributed by atoms with Crippen molar-refractivity contribution in [1.82, 2.24) is 5.32 Å². The second-order valence-electron chi connectivity index (χ2n) is 3.74. The first-order chi connectivity index (χ1) is 8.13. The molecular formula is C13H17N3O. The average molecular weight is 231 g/mol. The summed E-state index contributed by atoms with van der Waals surface area (Å²) >= 11 is 0.